The van der Waals surface area contributed by atoms with Crippen molar-refractivity contribution in [2.75, 3.05) is 18.4 Å². The van der Waals surface area contributed by atoms with Gasteiger partial charge in [0.15, 0.2) is 10.5 Å². The van der Waals surface area contributed by atoms with Crippen molar-refractivity contribution in [3.05, 3.63) is 123 Å². The van der Waals surface area contributed by atoms with Gasteiger partial charge in [0.25, 0.3) is 0 Å². The molecular formula is C37H32N4O9S-2. The van der Waals surface area contributed by atoms with Crippen LogP contribution in [0.4, 0.5) is 5.69 Å². The van der Waals surface area contributed by atoms with Crippen molar-refractivity contribution >= 4 is 51.8 Å². The van der Waals surface area contributed by atoms with Crippen molar-refractivity contribution < 1.29 is 34.1 Å². The third-order valence-corrected chi connectivity index (χ3v) is 8.37. The standard InChI is InChI=1S/C37H33N4O9S/c38-20-22-3-5-23(6-4-22)21-40(15-1-2-16-41(49)33(44)13-14-34(45)46)37(51)39-24-7-10-27(30(17-24)36(47)48)35-28-11-8-25(42)18-31(28)50-32-19-26(43)9-12-29(32)35/h3-14,17-19,42H,1-2,15-16,20-21,38H2,(H,39,51)(H,45,46)(H,47,48)/q-1/p-1/b14-13+. The molecular weight excluding hydrogens is 676 g/mol. The van der Waals surface area contributed by atoms with E-state index in [9.17, 15) is 34.6 Å². The lowest BCUT2D eigenvalue weighted by atomic mass is 9.90. The first kappa shape index (κ1) is 36.2. The lowest BCUT2D eigenvalue weighted by Gasteiger charge is -2.29. The summed E-state index contributed by atoms with van der Waals surface area (Å²) in [5.74, 6) is -3.65. The predicted molar refractivity (Wildman–Crippen MR) is 193 cm³/mol. The number of carbonyl (C=O) groups excluding carboxylic acids is 1. The molecule has 0 saturated heterocycles. The fourth-order valence-electron chi connectivity index (χ4n) is 5.51. The van der Waals surface area contributed by atoms with Crippen molar-refractivity contribution in [1.29, 1.82) is 0 Å². The van der Waals surface area contributed by atoms with Gasteiger partial charge in [-0.2, -0.15) is 0 Å². The monoisotopic (exact) mass is 708 g/mol. The third kappa shape index (κ3) is 8.93. The summed E-state index contributed by atoms with van der Waals surface area (Å²) in [5.41, 5.74) is 9.08. The second-order valence-corrected chi connectivity index (χ2v) is 11.9. The first-order valence-electron chi connectivity index (χ1n) is 15.7. The summed E-state index contributed by atoms with van der Waals surface area (Å²) in [4.78, 5) is 49.2. The highest BCUT2D eigenvalue weighted by Crippen LogP contribution is 2.42. The zero-order chi connectivity index (χ0) is 36.7. The number of carbonyl (C=O) groups is 3. The van der Waals surface area contributed by atoms with Crippen LogP contribution in [0.15, 0.2) is 100 Å². The number of carboxylic acid groups (broad SMARTS) is 2. The molecule has 5 N–H and O–H groups in total. The number of nitrogens with one attached hydrogen (secondary N) is 1. The van der Waals surface area contributed by atoms with E-state index in [1.54, 1.807) is 24.3 Å². The predicted octanol–water partition coefficient (Wildman–Crippen LogP) is 4.74. The number of carboxylic acids is 2. The number of benzene rings is 4. The number of anilines is 1. The minimum absolute atomic E-state index is 0.0740. The Morgan fingerprint density at radius 1 is 0.882 bits per heavy atom. The second-order valence-electron chi connectivity index (χ2n) is 11.5. The van der Waals surface area contributed by atoms with E-state index in [0.29, 0.717) is 72.4 Å². The van der Waals surface area contributed by atoms with Gasteiger partial charge >= 0.3 is 11.9 Å². The van der Waals surface area contributed by atoms with Gasteiger partial charge in [0.05, 0.1) is 5.56 Å². The molecule has 2 aliphatic rings. The van der Waals surface area contributed by atoms with Crippen molar-refractivity contribution in [3.63, 3.8) is 0 Å². The molecule has 0 bridgehead atoms. The molecule has 1 aliphatic heterocycles. The van der Waals surface area contributed by atoms with Gasteiger partial charge in [-0.1, -0.05) is 42.5 Å². The van der Waals surface area contributed by atoms with Gasteiger partial charge in [-0.05, 0) is 72.1 Å². The number of hydroxylamine groups is 2. The van der Waals surface area contributed by atoms with Crippen molar-refractivity contribution in [3.8, 4) is 28.2 Å². The molecule has 14 heteroatoms. The van der Waals surface area contributed by atoms with Gasteiger partial charge in [0.2, 0.25) is 5.91 Å². The van der Waals surface area contributed by atoms with E-state index in [0.717, 1.165) is 11.1 Å². The molecule has 262 valence electrons. The lowest BCUT2D eigenvalue weighted by molar-refractivity contribution is -0.268. The van der Waals surface area contributed by atoms with E-state index in [1.807, 2.05) is 29.2 Å². The van der Waals surface area contributed by atoms with E-state index in [-0.39, 0.29) is 44.8 Å². The summed E-state index contributed by atoms with van der Waals surface area (Å²) >= 11 is 5.78. The van der Waals surface area contributed by atoms with Crippen LogP contribution in [-0.4, -0.2) is 56.2 Å². The third-order valence-electron chi connectivity index (χ3n) is 8.01. The number of fused-ring (bicyclic) bond motifs is 2. The number of hydrogen-bond acceptors (Lipinski definition) is 9. The molecule has 5 rings (SSSR count). The summed E-state index contributed by atoms with van der Waals surface area (Å²) in [6.07, 6.45) is 2.04. The van der Waals surface area contributed by atoms with Crippen molar-refractivity contribution in [2.45, 2.75) is 25.9 Å². The normalized spacial score (nSPS) is 11.2. The molecule has 1 heterocycles. The molecule has 0 saturated carbocycles. The number of hydrogen-bond donors (Lipinski definition) is 4. The molecule has 3 aromatic rings. The number of amides is 1. The Labute approximate surface area is 296 Å². The molecule has 0 unspecified atom stereocenters. The average Bonchev–Trinajstić information content (AvgIpc) is 3.10. The van der Waals surface area contributed by atoms with Gasteiger partial charge in [-0.15, -0.1) is 5.75 Å². The number of unbranched alkanes of at least 4 members (excludes halogenated alkanes) is 1. The van der Waals surface area contributed by atoms with Crippen LogP contribution in [0, 0.1) is 5.21 Å². The fourth-order valence-corrected chi connectivity index (χ4v) is 5.78. The maximum Gasteiger partial charge on any atom is 0.336 e. The molecule has 0 fully saturated rings. The lowest BCUT2D eigenvalue weighted by Crippen LogP contribution is -2.35. The highest BCUT2D eigenvalue weighted by molar-refractivity contribution is 7.80. The zero-order valence-electron chi connectivity index (χ0n) is 27.0. The molecule has 0 radical (unpaired) electrons. The summed E-state index contributed by atoms with van der Waals surface area (Å²) in [6.45, 7) is 0.932. The summed E-state index contributed by atoms with van der Waals surface area (Å²) < 4.78 is 5.87. The SMILES string of the molecule is NCc1ccc(CN(CCCCN([O-])C(=O)/C=C/C(=O)O)C(=S)Nc2ccc(-c3c4ccc(=O)cc-4oc4cc([O-])ccc34)c(C(=O)O)c2)cc1. The summed E-state index contributed by atoms with van der Waals surface area (Å²) in [6, 6.07) is 20.7. The quantitative estimate of drug-likeness (QED) is 0.0428. The van der Waals surface area contributed by atoms with E-state index >= 15 is 0 Å². The maximum absolute atomic E-state index is 12.7. The largest absolute Gasteiger partial charge is 0.872 e. The Bertz CT molecular complexity index is 2160. The Morgan fingerprint density at radius 3 is 2.29 bits per heavy atom. The Hall–Kier alpha value is -6.09. The number of aliphatic carboxylic acids is 1. The summed E-state index contributed by atoms with van der Waals surface area (Å²) in [7, 11) is 0. The maximum atomic E-state index is 12.7. The van der Waals surface area contributed by atoms with Crippen LogP contribution in [0.25, 0.3) is 33.4 Å². The summed E-state index contributed by atoms with van der Waals surface area (Å²) in [5, 5.41) is 47.4. The smallest absolute Gasteiger partial charge is 0.336 e. The highest BCUT2D eigenvalue weighted by Gasteiger charge is 2.22. The van der Waals surface area contributed by atoms with E-state index in [1.165, 1.54) is 30.3 Å². The number of nitrogens with two attached hydrogens (primary N) is 1. The minimum atomic E-state index is -1.34. The van der Waals surface area contributed by atoms with Crippen LogP contribution in [-0.2, 0) is 22.7 Å². The van der Waals surface area contributed by atoms with Crippen LogP contribution in [0.1, 0.15) is 34.3 Å². The molecule has 0 atom stereocenters. The second kappa shape index (κ2) is 16.1. The van der Waals surface area contributed by atoms with Crippen LogP contribution in [0.2, 0.25) is 0 Å². The number of rotatable bonds is 13. The molecule has 51 heavy (non-hydrogen) atoms. The van der Waals surface area contributed by atoms with E-state index in [4.69, 9.17) is 27.5 Å². The van der Waals surface area contributed by atoms with Crippen LogP contribution in [0.3, 0.4) is 0 Å². The van der Waals surface area contributed by atoms with Gasteiger partial charge in [0.1, 0.15) is 11.3 Å². The van der Waals surface area contributed by atoms with Crippen LogP contribution >= 0.6 is 12.2 Å². The first-order chi connectivity index (χ1) is 24.4. The van der Waals surface area contributed by atoms with Crippen molar-refractivity contribution in [2.24, 2.45) is 5.73 Å². The molecule has 0 aromatic heterocycles. The number of thiocarbonyl (C=S) groups is 1. The topological polar surface area (TPSA) is 213 Å². The fraction of sp³-hybridized carbons (Fsp3) is 0.162. The highest BCUT2D eigenvalue weighted by atomic mass is 32.1. The first-order valence-corrected chi connectivity index (χ1v) is 16.1. The van der Waals surface area contributed by atoms with E-state index < -0.39 is 17.8 Å². The van der Waals surface area contributed by atoms with Gasteiger partial charge in [0, 0.05) is 66.6 Å². The molecule has 0 spiro atoms. The Kier molecular flexibility index (Phi) is 11.4. The molecule has 13 nitrogen and oxygen atoms in total. The minimum Gasteiger partial charge on any atom is -0.872 e. The Balaban J connectivity index is 1.41. The van der Waals surface area contributed by atoms with Gasteiger partial charge in [-0.25, -0.2) is 9.59 Å². The average molecular weight is 709 g/mol. The molecule has 1 amide bonds. The Morgan fingerprint density at radius 2 is 1.59 bits per heavy atom. The van der Waals surface area contributed by atoms with Gasteiger partial charge < -0.3 is 46.0 Å². The van der Waals surface area contributed by atoms with E-state index in [2.05, 4.69) is 5.32 Å². The van der Waals surface area contributed by atoms with Crippen molar-refractivity contribution in [1.82, 2.24) is 9.96 Å². The van der Waals surface area contributed by atoms with Crippen LogP contribution < -0.4 is 21.6 Å². The molecule has 1 aliphatic carbocycles. The van der Waals surface area contributed by atoms with Crippen LogP contribution in [0.5, 0.6) is 5.75 Å². The molecule has 3 aromatic carbocycles. The number of nitrogens with zero attached hydrogens (tertiary/aromatic N) is 2. The van der Waals surface area contributed by atoms with Gasteiger partial charge in [-0.3, -0.25) is 9.59 Å². The number of aromatic carboxylic acids is 1. The zero-order valence-corrected chi connectivity index (χ0v) is 27.9.